The first-order valence-electron chi connectivity index (χ1n) is 10.3. The summed E-state index contributed by atoms with van der Waals surface area (Å²) >= 11 is 16.7. The maximum Gasteiger partial charge on any atom is 0.214 e. The Morgan fingerprint density at radius 2 is 1.24 bits per heavy atom. The normalized spacial score (nSPS) is 24.8. The van der Waals surface area contributed by atoms with Crippen molar-refractivity contribution in [2.45, 2.75) is 43.3 Å². The average molecular weight is 613 g/mol. The van der Waals surface area contributed by atoms with Crippen molar-refractivity contribution in [3.63, 3.8) is 0 Å². The molecule has 0 amide bonds. The summed E-state index contributed by atoms with van der Waals surface area (Å²) in [6.45, 7) is 11.1. The molecule has 33 heavy (non-hydrogen) atoms. The van der Waals surface area contributed by atoms with Crippen LogP contribution in [0.1, 0.15) is 13.8 Å². The van der Waals surface area contributed by atoms with E-state index in [-0.39, 0.29) is 10.2 Å². The van der Waals surface area contributed by atoms with Crippen molar-refractivity contribution < 1.29 is 9.59 Å². The minimum Gasteiger partial charge on any atom is -0.282 e. The highest BCUT2D eigenvalue weighted by atomic mass is 32.2. The van der Waals surface area contributed by atoms with Gasteiger partial charge in [0, 0.05) is 65.6 Å². The van der Waals surface area contributed by atoms with Gasteiger partial charge >= 0.3 is 0 Å². The quantitative estimate of drug-likeness (QED) is 0.171. The van der Waals surface area contributed by atoms with Gasteiger partial charge in [0.2, 0.25) is 10.2 Å². The molecule has 182 valence electrons. The Labute approximate surface area is 236 Å². The lowest BCUT2D eigenvalue weighted by molar-refractivity contribution is -0.108. The number of thioether (sulfide) groups is 8. The summed E-state index contributed by atoms with van der Waals surface area (Å²) in [5, 5.41) is 5.93. The van der Waals surface area contributed by atoms with E-state index >= 15 is 0 Å². The highest BCUT2D eigenvalue weighted by Gasteiger charge is 2.28. The number of rotatable bonds is 12. The van der Waals surface area contributed by atoms with Gasteiger partial charge in [0.15, 0.2) is 0 Å². The van der Waals surface area contributed by atoms with Crippen LogP contribution < -0.4 is 0 Å². The van der Waals surface area contributed by atoms with Crippen LogP contribution in [0.3, 0.4) is 0 Å². The van der Waals surface area contributed by atoms with Crippen LogP contribution in [0.4, 0.5) is 0 Å². The molecule has 4 atom stereocenters. The Kier molecular flexibility index (Phi) is 13.0. The van der Waals surface area contributed by atoms with Crippen molar-refractivity contribution in [3.8, 4) is 0 Å². The molecule has 1 aromatic rings. The van der Waals surface area contributed by atoms with Crippen molar-refractivity contribution in [1.82, 2.24) is 0 Å². The zero-order chi connectivity index (χ0) is 23.8. The van der Waals surface area contributed by atoms with Gasteiger partial charge in [-0.25, -0.2) is 0 Å². The molecule has 4 unspecified atom stereocenters. The van der Waals surface area contributed by atoms with Crippen LogP contribution in [0.25, 0.3) is 0 Å². The van der Waals surface area contributed by atoms with E-state index in [1.807, 2.05) is 70.6 Å². The maximum absolute atomic E-state index is 11.8. The van der Waals surface area contributed by atoms with Crippen LogP contribution in [0.15, 0.2) is 44.9 Å². The summed E-state index contributed by atoms with van der Waals surface area (Å²) in [6, 6.07) is 0. The summed E-state index contributed by atoms with van der Waals surface area (Å²) < 4.78 is 1.19. The van der Waals surface area contributed by atoms with Gasteiger partial charge in [-0.15, -0.1) is 70.6 Å². The van der Waals surface area contributed by atoms with Gasteiger partial charge in [0.1, 0.15) is 0 Å². The van der Waals surface area contributed by atoms with E-state index in [2.05, 4.69) is 23.9 Å². The van der Waals surface area contributed by atoms with Gasteiger partial charge in [0.05, 0.1) is 9.16 Å². The molecule has 3 rings (SSSR count). The first-order chi connectivity index (χ1) is 15.8. The minimum absolute atomic E-state index is 0.127. The Morgan fingerprint density at radius 1 is 0.818 bits per heavy atom. The number of carbonyl (C=O) groups excluding carboxylic acids is 2. The number of thiophene rings is 1. The Morgan fingerprint density at radius 3 is 1.64 bits per heavy atom. The van der Waals surface area contributed by atoms with Gasteiger partial charge in [-0.3, -0.25) is 9.59 Å². The zero-order valence-corrected chi connectivity index (χ0v) is 26.0. The molecule has 3 heterocycles. The maximum atomic E-state index is 11.8. The highest BCUT2D eigenvalue weighted by Crippen LogP contribution is 2.46. The second-order valence-electron chi connectivity index (χ2n) is 7.52. The molecule has 0 aliphatic carbocycles. The largest absolute Gasteiger partial charge is 0.282 e. The predicted molar refractivity (Wildman–Crippen MR) is 166 cm³/mol. The van der Waals surface area contributed by atoms with E-state index in [9.17, 15) is 9.59 Å². The molecule has 0 spiro atoms. The molecule has 0 N–H and O–H groups in total. The average Bonchev–Trinajstić information content (AvgIpc) is 3.53. The molecule has 0 radical (unpaired) electrons. The summed E-state index contributed by atoms with van der Waals surface area (Å²) in [5.74, 6) is 6.26. The smallest absolute Gasteiger partial charge is 0.214 e. The second-order valence-corrected chi connectivity index (χ2v) is 18.5. The molecule has 2 fully saturated rings. The predicted octanol–water partition coefficient (Wildman–Crippen LogP) is 7.95. The molecule has 2 aliphatic rings. The fourth-order valence-corrected chi connectivity index (χ4v) is 15.8. The van der Waals surface area contributed by atoms with Crippen LogP contribution in [-0.2, 0) is 9.59 Å². The van der Waals surface area contributed by atoms with Crippen molar-refractivity contribution in [2.24, 2.45) is 0 Å². The van der Waals surface area contributed by atoms with Crippen LogP contribution in [0.2, 0.25) is 0 Å². The second kappa shape index (κ2) is 14.9. The van der Waals surface area contributed by atoms with Crippen molar-refractivity contribution >= 4 is 116 Å². The summed E-state index contributed by atoms with van der Waals surface area (Å²) in [5.41, 5.74) is 1.29. The van der Waals surface area contributed by atoms with Crippen LogP contribution in [0.5, 0.6) is 0 Å². The molecule has 11 heteroatoms. The van der Waals surface area contributed by atoms with Crippen LogP contribution in [-0.4, -0.2) is 64.4 Å². The Bertz CT molecular complexity index is 786. The van der Waals surface area contributed by atoms with E-state index in [4.69, 9.17) is 0 Å². The molecule has 0 bridgehead atoms. The molecule has 0 aromatic carbocycles. The number of carbonyl (C=O) groups is 2. The third kappa shape index (κ3) is 9.95. The summed E-state index contributed by atoms with van der Waals surface area (Å²) in [7, 11) is 0. The lowest BCUT2D eigenvalue weighted by atomic mass is 10.4. The summed E-state index contributed by atoms with van der Waals surface area (Å²) in [6.07, 6.45) is 0. The highest BCUT2D eigenvalue weighted by molar-refractivity contribution is 8.23. The first kappa shape index (κ1) is 28.9. The topological polar surface area (TPSA) is 34.1 Å². The van der Waals surface area contributed by atoms with Crippen molar-refractivity contribution in [2.75, 3.05) is 34.5 Å². The third-order valence-corrected chi connectivity index (χ3v) is 18.1. The van der Waals surface area contributed by atoms with Crippen molar-refractivity contribution in [1.29, 1.82) is 0 Å². The van der Waals surface area contributed by atoms with E-state index < -0.39 is 0 Å². The molecular weight excluding hydrogens is 585 g/mol. The van der Waals surface area contributed by atoms with E-state index in [0.29, 0.717) is 30.8 Å². The van der Waals surface area contributed by atoms with E-state index in [1.54, 1.807) is 25.2 Å². The lowest BCUT2D eigenvalue weighted by Crippen LogP contribution is -2.08. The molecule has 2 saturated heterocycles. The van der Waals surface area contributed by atoms with Gasteiger partial charge < -0.3 is 0 Å². The minimum atomic E-state index is 0.127. The molecule has 0 saturated carbocycles. The molecule has 1 aromatic heterocycles. The monoisotopic (exact) mass is 612 g/mol. The zero-order valence-electron chi connectivity index (χ0n) is 18.6. The van der Waals surface area contributed by atoms with Gasteiger partial charge in [-0.2, -0.15) is 11.3 Å². The Hall–Kier alpha value is 1.32. The van der Waals surface area contributed by atoms with Gasteiger partial charge in [0.25, 0.3) is 0 Å². The number of hydrogen-bond acceptors (Lipinski definition) is 11. The fourth-order valence-electron chi connectivity index (χ4n) is 2.75. The van der Waals surface area contributed by atoms with Gasteiger partial charge in [-0.05, 0) is 25.0 Å². The molecule has 2 aliphatic heterocycles. The molecular formula is C22H28O2S9. The summed E-state index contributed by atoms with van der Waals surface area (Å²) in [4.78, 5) is 26.4. The molecule has 2 nitrogen and oxygen atoms in total. The van der Waals surface area contributed by atoms with E-state index in [0.717, 1.165) is 34.5 Å². The SMILES string of the molecule is C=C(C)C(=O)SCC1CSC(CSc2cscc2SCC2SCC(CSC(=O)C(=C)C)S2)S1. The Balaban J connectivity index is 1.34. The van der Waals surface area contributed by atoms with Crippen molar-refractivity contribution in [3.05, 3.63) is 35.1 Å². The fraction of sp³-hybridized carbons (Fsp3) is 0.545. The van der Waals surface area contributed by atoms with Crippen LogP contribution in [0, 0.1) is 0 Å². The standard InChI is InChI=1S/C22H28O2S9/c1-13(2)21(23)30-7-15-5-28-19(32-15)11-26-17-9-25-10-18(17)27-12-20-29-6-16(33-20)8-31-22(24)14(3)4/h9-10,15-16,19-20H,1,3,5-8,11-12H2,2,4H3. The van der Waals surface area contributed by atoms with Crippen LogP contribution >= 0.6 is 105 Å². The third-order valence-electron chi connectivity index (χ3n) is 4.46. The number of hydrogen-bond donors (Lipinski definition) is 0. The van der Waals surface area contributed by atoms with Gasteiger partial charge in [-0.1, -0.05) is 36.7 Å². The lowest BCUT2D eigenvalue weighted by Gasteiger charge is -2.12. The van der Waals surface area contributed by atoms with E-state index in [1.165, 1.54) is 33.3 Å². The first-order valence-corrected chi connectivity index (χ1v) is 19.2.